The van der Waals surface area contributed by atoms with Gasteiger partial charge in [0.05, 0.1) is 36.5 Å². The van der Waals surface area contributed by atoms with E-state index in [1.807, 2.05) is 0 Å². The number of carboxylic acids is 4. The standard InChI is InChI=1S/C42H53N15O16S/c1-2-57-28(59)14-26(38(57)69)74-17-25(40(72)73)54-36(67)24(13-30(62)63)53-34(65)21(4-3-11-46-41(43)44)51-35(66)23(12-29(60)61)50-27(58)10-9-22(39(70)71)52-33(64)18-5-7-19(8-6-18)47-15-20-16-48-32-31(49-20)37(68)56-42(45)55-32/h5-8,16,21-26,47H,2-4,9-15,17H2,1H3,(H,50,58)(H,51,66)(H,52,64)(H,53,65)(H,54,67)(H,60,61)(H,62,63)(H,70,71)(H,72,73)(H4,43,44,46)(H3,45,48,55,56,68)/t21-,22-,23-,24-,25-,26?/m0/s1. The van der Waals surface area contributed by atoms with Crippen LogP contribution in [0.1, 0.15) is 67.9 Å². The third-order valence-corrected chi connectivity index (χ3v) is 11.9. The van der Waals surface area contributed by atoms with Crippen LogP contribution in [0.4, 0.5) is 11.6 Å². The highest BCUT2D eigenvalue weighted by Crippen LogP contribution is 2.26. The minimum absolute atomic E-state index is 0.0113. The van der Waals surface area contributed by atoms with Gasteiger partial charge < -0.3 is 69.5 Å². The molecule has 1 aromatic carbocycles. The number of anilines is 2. The molecule has 3 heterocycles. The number of carboxylic acid groups (broad SMARTS) is 4. The molecule has 398 valence electrons. The number of likely N-dealkylation sites (tertiary alicyclic amines) is 1. The van der Waals surface area contributed by atoms with Crippen molar-refractivity contribution in [2.75, 3.05) is 29.9 Å². The summed E-state index contributed by atoms with van der Waals surface area (Å²) in [7, 11) is 0. The summed E-state index contributed by atoms with van der Waals surface area (Å²) in [6.45, 7) is 1.62. The molecule has 32 heteroatoms. The second-order valence-electron chi connectivity index (χ2n) is 16.1. The first-order valence-electron chi connectivity index (χ1n) is 22.2. The fourth-order valence-corrected chi connectivity index (χ4v) is 8.07. The SMILES string of the molecule is CCN1C(=O)CC(SC[C@H](NC(=O)[C@H](CC(=O)O)NC(=O)[C@H](CCCN=C(N)N)NC(=O)[C@H](CC(=O)O)NC(=O)CC[C@H](NC(=O)c2ccc(NCc3cnc4nc(N)[nH]c(=O)c4n3)cc2)C(=O)O)C(=O)O)C1=O. The number of nitrogens with zero attached hydrogens (tertiary/aromatic N) is 5. The smallest absolute Gasteiger partial charge is 0.327 e. The summed E-state index contributed by atoms with van der Waals surface area (Å²) in [5, 5.41) is 51.8. The lowest BCUT2D eigenvalue weighted by Gasteiger charge is -2.25. The molecule has 1 saturated heterocycles. The molecular formula is C42H53N15O16S. The molecule has 4 rings (SSSR count). The van der Waals surface area contributed by atoms with E-state index >= 15 is 0 Å². The molecule has 0 radical (unpaired) electrons. The molecule has 17 N–H and O–H groups in total. The van der Waals surface area contributed by atoms with E-state index < -0.39 is 138 Å². The van der Waals surface area contributed by atoms with Crippen molar-refractivity contribution in [3.05, 3.63) is 52.1 Å². The zero-order valence-corrected chi connectivity index (χ0v) is 40.0. The number of nitrogens with two attached hydrogens (primary N) is 3. The number of hydrogen-bond donors (Lipinski definition) is 14. The first kappa shape index (κ1) is 57.6. The lowest BCUT2D eigenvalue weighted by atomic mass is 10.1. The van der Waals surface area contributed by atoms with Crippen LogP contribution >= 0.6 is 11.8 Å². The van der Waals surface area contributed by atoms with Crippen LogP contribution in [0.3, 0.4) is 0 Å². The van der Waals surface area contributed by atoms with Gasteiger partial charge in [0.25, 0.3) is 11.5 Å². The molecular weight excluding hydrogens is 1000 g/mol. The highest BCUT2D eigenvalue weighted by molar-refractivity contribution is 8.00. The van der Waals surface area contributed by atoms with E-state index in [-0.39, 0.29) is 67.5 Å². The number of aliphatic imine (C=N–C) groups is 1. The second-order valence-corrected chi connectivity index (χ2v) is 17.3. The summed E-state index contributed by atoms with van der Waals surface area (Å²) in [6, 6.07) is -3.35. The number of hydrogen-bond acceptors (Lipinski definition) is 19. The van der Waals surface area contributed by atoms with Crippen molar-refractivity contribution in [1.29, 1.82) is 0 Å². The number of carbonyl (C=O) groups excluding carboxylic acids is 7. The normalized spacial score (nSPS) is 15.1. The Kier molecular flexibility index (Phi) is 21.0. The van der Waals surface area contributed by atoms with E-state index in [1.165, 1.54) is 30.5 Å². The van der Waals surface area contributed by atoms with E-state index in [9.17, 15) is 78.0 Å². The van der Waals surface area contributed by atoms with Crippen molar-refractivity contribution in [3.63, 3.8) is 0 Å². The number of guanidine groups is 1. The zero-order chi connectivity index (χ0) is 54.8. The summed E-state index contributed by atoms with van der Waals surface area (Å²) >= 11 is 0.762. The van der Waals surface area contributed by atoms with Crippen LogP contribution in [0.5, 0.6) is 0 Å². The van der Waals surface area contributed by atoms with Crippen molar-refractivity contribution in [1.82, 2.24) is 51.4 Å². The number of nitrogens with one attached hydrogen (secondary N) is 7. The van der Waals surface area contributed by atoms with Crippen LogP contribution in [0.2, 0.25) is 0 Å². The number of aromatic nitrogens is 4. The van der Waals surface area contributed by atoms with Gasteiger partial charge in [-0.3, -0.25) is 62.8 Å². The van der Waals surface area contributed by atoms with Crippen LogP contribution in [-0.2, 0) is 54.5 Å². The van der Waals surface area contributed by atoms with E-state index in [4.69, 9.17) is 17.2 Å². The number of carbonyl (C=O) groups is 11. The average molecular weight is 1060 g/mol. The fraction of sp³-hybridized carbons (Fsp3) is 0.429. The number of benzene rings is 1. The topological polar surface area (TPSA) is 506 Å². The minimum Gasteiger partial charge on any atom is -0.481 e. The molecule has 6 atom stereocenters. The lowest BCUT2D eigenvalue weighted by molar-refractivity contribution is -0.143. The van der Waals surface area contributed by atoms with Crippen molar-refractivity contribution in [2.45, 2.75) is 93.9 Å². The summed E-state index contributed by atoms with van der Waals surface area (Å²) < 4.78 is 0. The molecule has 0 aliphatic carbocycles. The maximum absolute atomic E-state index is 13.7. The summed E-state index contributed by atoms with van der Waals surface area (Å²) in [5.41, 5.74) is 16.6. The number of thioether (sulfide) groups is 1. The van der Waals surface area contributed by atoms with E-state index in [2.05, 4.69) is 56.8 Å². The predicted octanol–water partition coefficient (Wildman–Crippen LogP) is -4.22. The van der Waals surface area contributed by atoms with Crippen LogP contribution in [0, 0.1) is 0 Å². The molecule has 0 spiro atoms. The molecule has 0 bridgehead atoms. The molecule has 2 aromatic heterocycles. The zero-order valence-electron chi connectivity index (χ0n) is 39.2. The van der Waals surface area contributed by atoms with Gasteiger partial charge in [-0.25, -0.2) is 19.6 Å². The molecule has 1 unspecified atom stereocenters. The van der Waals surface area contributed by atoms with Crippen LogP contribution < -0.4 is 54.7 Å². The van der Waals surface area contributed by atoms with Crippen molar-refractivity contribution < 1.29 is 73.2 Å². The minimum atomic E-state index is -1.99. The predicted molar refractivity (Wildman–Crippen MR) is 257 cm³/mol. The third kappa shape index (κ3) is 17.4. The Bertz CT molecular complexity index is 2740. The van der Waals surface area contributed by atoms with Gasteiger partial charge in [0.15, 0.2) is 17.1 Å². The van der Waals surface area contributed by atoms with E-state index in [0.717, 1.165) is 16.7 Å². The average Bonchev–Trinajstić information content (AvgIpc) is 3.61. The Morgan fingerprint density at radius 3 is 1.97 bits per heavy atom. The van der Waals surface area contributed by atoms with Gasteiger partial charge in [-0.2, -0.15) is 4.98 Å². The number of H-pyrrole nitrogens is 1. The molecule has 3 aromatic rings. The number of aliphatic carboxylic acids is 4. The molecule has 1 aliphatic rings. The van der Waals surface area contributed by atoms with Gasteiger partial charge in [-0.1, -0.05) is 0 Å². The highest BCUT2D eigenvalue weighted by atomic mass is 32.2. The Labute approximate surface area is 421 Å². The van der Waals surface area contributed by atoms with Crippen molar-refractivity contribution in [2.24, 2.45) is 16.5 Å². The quantitative estimate of drug-likeness (QED) is 0.0136. The second kappa shape index (κ2) is 27.0. The maximum atomic E-state index is 13.7. The first-order chi connectivity index (χ1) is 34.9. The van der Waals surface area contributed by atoms with Gasteiger partial charge in [-0.15, -0.1) is 11.8 Å². The van der Waals surface area contributed by atoms with Crippen molar-refractivity contribution in [3.8, 4) is 0 Å². The number of fused-ring (bicyclic) bond motifs is 1. The Morgan fingerprint density at radius 1 is 0.797 bits per heavy atom. The molecule has 1 fully saturated rings. The fourth-order valence-electron chi connectivity index (χ4n) is 6.89. The Morgan fingerprint density at radius 2 is 1.39 bits per heavy atom. The monoisotopic (exact) mass is 1060 g/mol. The van der Waals surface area contributed by atoms with Crippen LogP contribution in [-0.4, -0.2) is 171 Å². The number of amides is 7. The maximum Gasteiger partial charge on any atom is 0.327 e. The van der Waals surface area contributed by atoms with Gasteiger partial charge in [0.1, 0.15) is 30.2 Å². The van der Waals surface area contributed by atoms with Gasteiger partial charge in [0.2, 0.25) is 41.4 Å². The van der Waals surface area contributed by atoms with Crippen LogP contribution in [0.15, 0.2) is 40.2 Å². The summed E-state index contributed by atoms with van der Waals surface area (Å²) in [6.07, 6.45) is -2.71. The molecule has 1 aliphatic heterocycles. The molecule has 31 nitrogen and oxygen atoms in total. The summed E-state index contributed by atoms with van der Waals surface area (Å²) in [5.74, 6) is -14.1. The first-order valence-corrected chi connectivity index (χ1v) is 23.3. The lowest BCUT2D eigenvalue weighted by Crippen LogP contribution is -2.58. The third-order valence-electron chi connectivity index (χ3n) is 10.6. The Hall–Kier alpha value is -8.97. The molecule has 0 saturated carbocycles. The van der Waals surface area contributed by atoms with Crippen LogP contribution in [0.25, 0.3) is 11.2 Å². The molecule has 74 heavy (non-hydrogen) atoms. The molecule has 7 amide bonds. The van der Waals surface area contributed by atoms with Gasteiger partial charge in [0, 0.05) is 42.9 Å². The number of nitrogen functional groups attached to an aromatic ring is 1. The summed E-state index contributed by atoms with van der Waals surface area (Å²) in [4.78, 5) is 171. The van der Waals surface area contributed by atoms with Gasteiger partial charge in [-0.05, 0) is 50.5 Å². The number of aromatic amines is 1. The van der Waals surface area contributed by atoms with Gasteiger partial charge >= 0.3 is 23.9 Å². The van der Waals surface area contributed by atoms with Crippen molar-refractivity contribution >= 4 is 106 Å². The Balaban J connectivity index is 1.39. The highest BCUT2D eigenvalue weighted by Gasteiger charge is 2.39. The number of imide groups is 1. The number of rotatable bonds is 29. The van der Waals surface area contributed by atoms with E-state index in [1.54, 1.807) is 6.92 Å². The van der Waals surface area contributed by atoms with E-state index in [0.29, 0.717) is 11.4 Å². The largest absolute Gasteiger partial charge is 0.481 e.